The molecule has 2 saturated carbocycles. The highest BCUT2D eigenvalue weighted by molar-refractivity contribution is 5.72. The van der Waals surface area contributed by atoms with Gasteiger partial charge in [0, 0.05) is 11.8 Å². The maximum absolute atomic E-state index is 12.9. The standard InChI is InChI=1S/C22H38O4/c1-21(12-5-3-6-13-21)16-18(10-9-11-19(23)24)20(25)26-17-22(2)14-7-4-8-15-22/h18H,3-17H2,1-2H3,(H,23,24). The molecule has 1 atom stereocenters. The number of rotatable bonds is 9. The molecule has 0 aromatic heterocycles. The van der Waals surface area contributed by atoms with Gasteiger partial charge in [0.1, 0.15) is 0 Å². The van der Waals surface area contributed by atoms with Crippen molar-refractivity contribution in [3.63, 3.8) is 0 Å². The predicted octanol–water partition coefficient (Wildman–Crippen LogP) is 5.73. The van der Waals surface area contributed by atoms with Gasteiger partial charge in [-0.1, -0.05) is 52.4 Å². The molecule has 0 aromatic carbocycles. The van der Waals surface area contributed by atoms with Gasteiger partial charge in [0.25, 0.3) is 0 Å². The lowest BCUT2D eigenvalue weighted by atomic mass is 9.70. The Balaban J connectivity index is 1.91. The maximum atomic E-state index is 12.9. The number of carbonyl (C=O) groups excluding carboxylic acids is 1. The average Bonchev–Trinajstić information content (AvgIpc) is 2.60. The molecule has 26 heavy (non-hydrogen) atoms. The van der Waals surface area contributed by atoms with Crippen LogP contribution in [-0.4, -0.2) is 23.7 Å². The summed E-state index contributed by atoms with van der Waals surface area (Å²) in [6.45, 7) is 5.06. The first-order valence-electron chi connectivity index (χ1n) is 10.7. The normalized spacial score (nSPS) is 23.2. The Bertz CT molecular complexity index is 459. The summed E-state index contributed by atoms with van der Waals surface area (Å²) in [6, 6.07) is 0. The van der Waals surface area contributed by atoms with Crippen LogP contribution < -0.4 is 0 Å². The Morgan fingerprint density at radius 2 is 1.46 bits per heavy atom. The molecule has 0 saturated heterocycles. The molecule has 2 rings (SSSR count). The van der Waals surface area contributed by atoms with Crippen LogP contribution in [0.25, 0.3) is 0 Å². The molecule has 2 fully saturated rings. The van der Waals surface area contributed by atoms with Crippen molar-refractivity contribution in [1.82, 2.24) is 0 Å². The first kappa shape index (κ1) is 21.2. The SMILES string of the molecule is CC1(COC(=O)C(CCCC(=O)O)CC2(C)CCCCC2)CCCCC1. The van der Waals surface area contributed by atoms with Crippen molar-refractivity contribution in [3.8, 4) is 0 Å². The van der Waals surface area contributed by atoms with E-state index >= 15 is 0 Å². The highest BCUT2D eigenvalue weighted by atomic mass is 16.5. The van der Waals surface area contributed by atoms with Crippen LogP contribution in [0.2, 0.25) is 0 Å². The molecule has 4 heteroatoms. The average molecular weight is 367 g/mol. The smallest absolute Gasteiger partial charge is 0.308 e. The number of ether oxygens (including phenoxy) is 1. The highest BCUT2D eigenvalue weighted by Crippen LogP contribution is 2.42. The number of carboxylic acids is 1. The van der Waals surface area contributed by atoms with Gasteiger partial charge < -0.3 is 9.84 Å². The van der Waals surface area contributed by atoms with E-state index in [2.05, 4.69) is 13.8 Å². The zero-order valence-electron chi connectivity index (χ0n) is 16.9. The summed E-state index contributed by atoms with van der Waals surface area (Å²) < 4.78 is 5.80. The van der Waals surface area contributed by atoms with Crippen molar-refractivity contribution in [3.05, 3.63) is 0 Å². The van der Waals surface area contributed by atoms with Crippen LogP contribution in [0.3, 0.4) is 0 Å². The van der Waals surface area contributed by atoms with Gasteiger partial charge in [0.2, 0.25) is 0 Å². The first-order chi connectivity index (χ1) is 12.3. The van der Waals surface area contributed by atoms with Gasteiger partial charge in [-0.25, -0.2) is 0 Å². The van der Waals surface area contributed by atoms with E-state index in [9.17, 15) is 9.59 Å². The van der Waals surface area contributed by atoms with Crippen LogP contribution in [0, 0.1) is 16.7 Å². The number of carboxylic acid groups (broad SMARTS) is 1. The molecule has 0 heterocycles. The Morgan fingerprint density at radius 3 is 2.00 bits per heavy atom. The third-order valence-corrected chi connectivity index (χ3v) is 6.70. The van der Waals surface area contributed by atoms with Crippen LogP contribution in [0.4, 0.5) is 0 Å². The molecule has 1 unspecified atom stereocenters. The second kappa shape index (κ2) is 9.75. The summed E-state index contributed by atoms with van der Waals surface area (Å²) in [5.74, 6) is -1.02. The van der Waals surface area contributed by atoms with Gasteiger partial charge in [-0.15, -0.1) is 0 Å². The first-order valence-corrected chi connectivity index (χ1v) is 10.7. The minimum absolute atomic E-state index is 0.0889. The van der Waals surface area contributed by atoms with E-state index in [1.807, 2.05) is 0 Å². The van der Waals surface area contributed by atoms with Gasteiger partial charge >= 0.3 is 11.9 Å². The van der Waals surface area contributed by atoms with Gasteiger partial charge in [-0.2, -0.15) is 0 Å². The fourth-order valence-electron chi connectivity index (χ4n) is 4.92. The van der Waals surface area contributed by atoms with Crippen LogP contribution in [-0.2, 0) is 14.3 Å². The lowest BCUT2D eigenvalue weighted by molar-refractivity contribution is -0.154. The summed E-state index contributed by atoms with van der Waals surface area (Å²) in [7, 11) is 0. The van der Waals surface area contributed by atoms with Crippen molar-refractivity contribution in [2.75, 3.05) is 6.61 Å². The van der Waals surface area contributed by atoms with E-state index in [1.165, 1.54) is 51.4 Å². The number of hydrogen-bond acceptors (Lipinski definition) is 3. The predicted molar refractivity (Wildman–Crippen MR) is 103 cm³/mol. The molecule has 2 aliphatic carbocycles. The molecule has 4 nitrogen and oxygen atoms in total. The lowest BCUT2D eigenvalue weighted by Crippen LogP contribution is -2.32. The van der Waals surface area contributed by atoms with Crippen molar-refractivity contribution in [2.45, 2.75) is 104 Å². The van der Waals surface area contributed by atoms with Crippen molar-refractivity contribution < 1.29 is 19.4 Å². The highest BCUT2D eigenvalue weighted by Gasteiger charge is 2.35. The minimum Gasteiger partial charge on any atom is -0.481 e. The fraction of sp³-hybridized carbons (Fsp3) is 0.909. The van der Waals surface area contributed by atoms with Crippen LogP contribution in [0.5, 0.6) is 0 Å². The van der Waals surface area contributed by atoms with Crippen LogP contribution >= 0.6 is 0 Å². The zero-order valence-corrected chi connectivity index (χ0v) is 16.9. The number of carbonyl (C=O) groups is 2. The monoisotopic (exact) mass is 366 g/mol. The Labute approximate surface area is 159 Å². The summed E-state index contributed by atoms with van der Waals surface area (Å²) in [6.07, 6.45) is 14.3. The molecule has 1 N–H and O–H groups in total. The number of aliphatic carboxylic acids is 1. The Hall–Kier alpha value is -1.06. The Morgan fingerprint density at radius 1 is 0.923 bits per heavy atom. The quantitative estimate of drug-likeness (QED) is 0.529. The topological polar surface area (TPSA) is 63.6 Å². The molecule has 0 aromatic rings. The zero-order chi connectivity index (χ0) is 19.0. The van der Waals surface area contributed by atoms with E-state index in [-0.39, 0.29) is 29.1 Å². The molecule has 0 bridgehead atoms. The third-order valence-electron chi connectivity index (χ3n) is 6.70. The second-order valence-electron chi connectivity index (χ2n) is 9.54. The van der Waals surface area contributed by atoms with Gasteiger partial charge in [0.05, 0.1) is 12.5 Å². The molecule has 0 spiro atoms. The molecular formula is C22H38O4. The van der Waals surface area contributed by atoms with E-state index < -0.39 is 5.97 Å². The van der Waals surface area contributed by atoms with Gasteiger partial charge in [-0.3, -0.25) is 9.59 Å². The Kier molecular flexibility index (Phi) is 7.97. The van der Waals surface area contributed by atoms with Crippen LogP contribution in [0.15, 0.2) is 0 Å². The minimum atomic E-state index is -0.782. The molecule has 150 valence electrons. The largest absolute Gasteiger partial charge is 0.481 e. The van der Waals surface area contributed by atoms with E-state index in [0.29, 0.717) is 19.4 Å². The molecule has 0 aliphatic heterocycles. The molecule has 0 amide bonds. The van der Waals surface area contributed by atoms with Crippen LogP contribution in [0.1, 0.15) is 104 Å². The van der Waals surface area contributed by atoms with Crippen molar-refractivity contribution >= 4 is 11.9 Å². The third kappa shape index (κ3) is 6.92. The van der Waals surface area contributed by atoms with Gasteiger partial charge in [-0.05, 0) is 50.4 Å². The summed E-state index contributed by atoms with van der Waals surface area (Å²) in [5.41, 5.74) is 0.341. The molecule has 2 aliphatic rings. The summed E-state index contributed by atoms with van der Waals surface area (Å²) in [4.78, 5) is 23.7. The van der Waals surface area contributed by atoms with E-state index in [4.69, 9.17) is 9.84 Å². The van der Waals surface area contributed by atoms with E-state index in [1.54, 1.807) is 0 Å². The van der Waals surface area contributed by atoms with E-state index in [0.717, 1.165) is 19.3 Å². The summed E-state index contributed by atoms with van der Waals surface area (Å²) >= 11 is 0. The van der Waals surface area contributed by atoms with Crippen molar-refractivity contribution in [1.29, 1.82) is 0 Å². The second-order valence-corrected chi connectivity index (χ2v) is 9.54. The summed E-state index contributed by atoms with van der Waals surface area (Å²) in [5, 5.41) is 8.93. The fourth-order valence-corrected chi connectivity index (χ4v) is 4.92. The molecule has 0 radical (unpaired) electrons. The number of esters is 1. The van der Waals surface area contributed by atoms with Crippen molar-refractivity contribution in [2.24, 2.45) is 16.7 Å². The number of hydrogen-bond donors (Lipinski definition) is 1. The lowest BCUT2D eigenvalue weighted by Gasteiger charge is -2.37. The molecular weight excluding hydrogens is 328 g/mol. The van der Waals surface area contributed by atoms with Gasteiger partial charge in [0.15, 0.2) is 0 Å². The maximum Gasteiger partial charge on any atom is 0.308 e.